The highest BCUT2D eigenvalue weighted by Crippen LogP contribution is 2.28. The molecule has 0 bridgehead atoms. The molecule has 0 aromatic carbocycles. The molecule has 0 amide bonds. The number of hydrogen-bond acceptors (Lipinski definition) is 6. The SMILES string of the molecule is OCCCN(c1nc(Cl)nc(-n2cccn2)n1)C1CCC1. The van der Waals surface area contributed by atoms with Gasteiger partial charge in [0.2, 0.25) is 11.2 Å². The molecule has 3 rings (SSSR count). The second kappa shape index (κ2) is 6.36. The van der Waals surface area contributed by atoms with Gasteiger partial charge in [0, 0.05) is 31.6 Å². The van der Waals surface area contributed by atoms with Crippen molar-refractivity contribution in [2.24, 2.45) is 0 Å². The van der Waals surface area contributed by atoms with Gasteiger partial charge in [-0.25, -0.2) is 4.68 Å². The number of halogens is 1. The average Bonchev–Trinajstić information content (AvgIpc) is 2.94. The van der Waals surface area contributed by atoms with E-state index in [1.807, 2.05) is 0 Å². The van der Waals surface area contributed by atoms with Gasteiger partial charge in [-0.2, -0.15) is 20.1 Å². The van der Waals surface area contributed by atoms with Crippen molar-refractivity contribution in [3.8, 4) is 5.95 Å². The van der Waals surface area contributed by atoms with E-state index in [4.69, 9.17) is 16.7 Å². The van der Waals surface area contributed by atoms with E-state index < -0.39 is 0 Å². The number of hydrogen-bond donors (Lipinski definition) is 1. The third kappa shape index (κ3) is 3.14. The Morgan fingerprint density at radius 1 is 1.33 bits per heavy atom. The summed E-state index contributed by atoms with van der Waals surface area (Å²) in [6.45, 7) is 0.855. The lowest BCUT2D eigenvalue weighted by molar-refractivity contribution is 0.282. The number of nitrogens with zero attached hydrogens (tertiary/aromatic N) is 6. The Balaban J connectivity index is 1.91. The fraction of sp³-hybridized carbons (Fsp3) is 0.538. The van der Waals surface area contributed by atoms with Crippen molar-refractivity contribution < 1.29 is 5.11 Å². The second-order valence-corrected chi connectivity index (χ2v) is 5.35. The quantitative estimate of drug-likeness (QED) is 0.870. The first-order valence-electron chi connectivity index (χ1n) is 7.07. The maximum absolute atomic E-state index is 9.07. The summed E-state index contributed by atoms with van der Waals surface area (Å²) in [5.74, 6) is 0.960. The summed E-state index contributed by atoms with van der Waals surface area (Å²) >= 11 is 6.03. The minimum Gasteiger partial charge on any atom is -0.396 e. The minimum atomic E-state index is 0.147. The summed E-state index contributed by atoms with van der Waals surface area (Å²) in [5, 5.41) is 13.3. The zero-order chi connectivity index (χ0) is 14.7. The van der Waals surface area contributed by atoms with Gasteiger partial charge in [-0.15, -0.1) is 0 Å². The largest absolute Gasteiger partial charge is 0.396 e. The van der Waals surface area contributed by atoms with Crippen LogP contribution in [-0.4, -0.2) is 49.0 Å². The van der Waals surface area contributed by atoms with Crippen molar-refractivity contribution in [3.63, 3.8) is 0 Å². The molecule has 8 heteroatoms. The van der Waals surface area contributed by atoms with E-state index in [1.165, 1.54) is 6.42 Å². The molecular weight excluding hydrogens is 292 g/mol. The Kier molecular flexibility index (Phi) is 4.31. The van der Waals surface area contributed by atoms with E-state index in [1.54, 1.807) is 23.1 Å². The van der Waals surface area contributed by atoms with Gasteiger partial charge in [0.05, 0.1) is 0 Å². The molecule has 2 aromatic rings. The molecule has 0 spiro atoms. The van der Waals surface area contributed by atoms with Gasteiger partial charge in [0.15, 0.2) is 0 Å². The highest BCUT2D eigenvalue weighted by molar-refractivity contribution is 6.28. The standard InChI is InChI=1S/C13H17ClN6O/c14-11-16-12(18-13(17-11)20-8-2-6-15-20)19(7-3-9-21)10-4-1-5-10/h2,6,8,10,21H,1,3-5,7,9H2. The first-order chi connectivity index (χ1) is 10.3. The summed E-state index contributed by atoms with van der Waals surface area (Å²) < 4.78 is 1.56. The predicted molar refractivity (Wildman–Crippen MR) is 78.6 cm³/mol. The molecular formula is C13H17ClN6O. The van der Waals surface area contributed by atoms with Gasteiger partial charge in [-0.3, -0.25) is 0 Å². The highest BCUT2D eigenvalue weighted by Gasteiger charge is 2.27. The Bertz CT molecular complexity index is 586. The Labute approximate surface area is 127 Å². The minimum absolute atomic E-state index is 0.147. The van der Waals surface area contributed by atoms with Gasteiger partial charge < -0.3 is 10.0 Å². The van der Waals surface area contributed by atoms with Crippen molar-refractivity contribution in [3.05, 3.63) is 23.7 Å². The Hall–Kier alpha value is -1.73. The lowest BCUT2D eigenvalue weighted by Crippen LogP contribution is -2.42. The molecule has 112 valence electrons. The van der Waals surface area contributed by atoms with Crippen LogP contribution in [0.2, 0.25) is 5.28 Å². The van der Waals surface area contributed by atoms with Gasteiger partial charge in [-0.1, -0.05) is 0 Å². The van der Waals surface area contributed by atoms with E-state index in [2.05, 4.69) is 25.0 Å². The second-order valence-electron chi connectivity index (χ2n) is 5.01. The van der Waals surface area contributed by atoms with Crippen LogP contribution in [0, 0.1) is 0 Å². The molecule has 1 fully saturated rings. The normalized spacial score (nSPS) is 15.0. The van der Waals surface area contributed by atoms with E-state index >= 15 is 0 Å². The molecule has 2 aromatic heterocycles. The maximum Gasteiger partial charge on any atom is 0.256 e. The number of aliphatic hydroxyl groups is 1. The number of aromatic nitrogens is 5. The van der Waals surface area contributed by atoms with Crippen molar-refractivity contribution in [1.29, 1.82) is 0 Å². The lowest BCUT2D eigenvalue weighted by Gasteiger charge is -2.37. The topological polar surface area (TPSA) is 80.0 Å². The van der Waals surface area contributed by atoms with Crippen molar-refractivity contribution in [1.82, 2.24) is 24.7 Å². The molecule has 1 saturated carbocycles. The predicted octanol–water partition coefficient (Wildman–Crippen LogP) is 1.45. The van der Waals surface area contributed by atoms with Crippen LogP contribution in [0.3, 0.4) is 0 Å². The third-order valence-electron chi connectivity index (χ3n) is 3.62. The molecule has 0 saturated heterocycles. The van der Waals surface area contributed by atoms with Crippen LogP contribution in [0.25, 0.3) is 5.95 Å². The first kappa shape index (κ1) is 14.2. The average molecular weight is 309 g/mol. The van der Waals surface area contributed by atoms with Gasteiger partial charge in [0.25, 0.3) is 5.95 Å². The van der Waals surface area contributed by atoms with E-state index in [-0.39, 0.29) is 11.9 Å². The van der Waals surface area contributed by atoms with E-state index in [9.17, 15) is 0 Å². The van der Waals surface area contributed by atoms with Crippen LogP contribution >= 0.6 is 11.6 Å². The van der Waals surface area contributed by atoms with Crippen molar-refractivity contribution in [2.75, 3.05) is 18.1 Å². The first-order valence-corrected chi connectivity index (χ1v) is 7.45. The molecule has 1 aliphatic rings. The summed E-state index contributed by atoms with van der Waals surface area (Å²) in [5.41, 5.74) is 0. The Morgan fingerprint density at radius 3 is 2.81 bits per heavy atom. The monoisotopic (exact) mass is 308 g/mol. The summed E-state index contributed by atoms with van der Waals surface area (Å²) in [4.78, 5) is 14.9. The van der Waals surface area contributed by atoms with Gasteiger partial charge >= 0.3 is 0 Å². The van der Waals surface area contributed by atoms with Crippen LogP contribution in [0.1, 0.15) is 25.7 Å². The van der Waals surface area contributed by atoms with Crippen LogP contribution in [0.4, 0.5) is 5.95 Å². The molecule has 0 unspecified atom stereocenters. The molecule has 7 nitrogen and oxygen atoms in total. The molecule has 0 atom stereocenters. The number of rotatable bonds is 6. The zero-order valence-corrected chi connectivity index (χ0v) is 12.3. The van der Waals surface area contributed by atoms with E-state index in [0.717, 1.165) is 12.8 Å². The Morgan fingerprint density at radius 2 is 2.19 bits per heavy atom. The lowest BCUT2D eigenvalue weighted by atomic mass is 9.91. The maximum atomic E-state index is 9.07. The number of anilines is 1. The zero-order valence-electron chi connectivity index (χ0n) is 11.6. The smallest absolute Gasteiger partial charge is 0.256 e. The molecule has 0 aliphatic heterocycles. The van der Waals surface area contributed by atoms with Crippen molar-refractivity contribution >= 4 is 17.5 Å². The third-order valence-corrected chi connectivity index (χ3v) is 3.79. The molecule has 1 aliphatic carbocycles. The van der Waals surface area contributed by atoms with Gasteiger partial charge in [0.1, 0.15) is 0 Å². The molecule has 21 heavy (non-hydrogen) atoms. The van der Waals surface area contributed by atoms with Crippen LogP contribution in [-0.2, 0) is 0 Å². The summed E-state index contributed by atoms with van der Waals surface area (Å²) in [6.07, 6.45) is 7.55. The van der Waals surface area contributed by atoms with Crippen LogP contribution < -0.4 is 4.90 Å². The van der Waals surface area contributed by atoms with Crippen LogP contribution in [0.5, 0.6) is 0 Å². The van der Waals surface area contributed by atoms with E-state index in [0.29, 0.717) is 30.9 Å². The fourth-order valence-electron chi connectivity index (χ4n) is 2.33. The van der Waals surface area contributed by atoms with Gasteiger partial charge in [-0.05, 0) is 43.4 Å². The number of aliphatic hydroxyl groups excluding tert-OH is 1. The molecule has 2 heterocycles. The summed E-state index contributed by atoms with van der Waals surface area (Å²) in [7, 11) is 0. The molecule has 1 N–H and O–H groups in total. The highest BCUT2D eigenvalue weighted by atomic mass is 35.5. The summed E-state index contributed by atoms with van der Waals surface area (Å²) in [6, 6.07) is 2.22. The fourth-order valence-corrected chi connectivity index (χ4v) is 2.48. The molecule has 0 radical (unpaired) electrons. The van der Waals surface area contributed by atoms with Crippen LogP contribution in [0.15, 0.2) is 18.5 Å². The van der Waals surface area contributed by atoms with Crippen molar-refractivity contribution in [2.45, 2.75) is 31.7 Å².